The van der Waals surface area contributed by atoms with Gasteiger partial charge in [-0.25, -0.2) is 9.97 Å². The molecule has 1 aliphatic rings. The van der Waals surface area contributed by atoms with Gasteiger partial charge in [-0.3, -0.25) is 18.9 Å². The van der Waals surface area contributed by atoms with E-state index in [2.05, 4.69) is 39.0 Å². The van der Waals surface area contributed by atoms with E-state index < -0.39 is 22.8 Å². The number of carbonyl (C=O) groups excluding carboxylic acids is 1. The number of hydrogen-bond donors (Lipinski definition) is 1. The second-order valence-corrected chi connectivity index (χ2v) is 11.0. The van der Waals surface area contributed by atoms with Crippen molar-refractivity contribution < 1.29 is 22.2 Å². The van der Waals surface area contributed by atoms with Crippen molar-refractivity contribution in [1.29, 1.82) is 0 Å². The van der Waals surface area contributed by atoms with Gasteiger partial charge in [0.25, 0.3) is 5.91 Å². The highest BCUT2D eigenvalue weighted by Crippen LogP contribution is 2.38. The van der Waals surface area contributed by atoms with Crippen molar-refractivity contribution in [3.05, 3.63) is 82.7 Å². The fraction of sp³-hybridized carbons (Fsp3) is 0.385. The third kappa shape index (κ3) is 6.22. The van der Waals surface area contributed by atoms with Crippen LogP contribution < -0.4 is 5.32 Å². The molecule has 3 aromatic rings. The molecule has 0 spiro atoms. The van der Waals surface area contributed by atoms with Crippen LogP contribution in [0.5, 0.6) is 0 Å². The summed E-state index contributed by atoms with van der Waals surface area (Å²) in [5, 5.41) is 2.89. The van der Waals surface area contributed by atoms with Crippen molar-refractivity contribution in [1.82, 2.24) is 25.2 Å². The van der Waals surface area contributed by atoms with E-state index in [0.717, 1.165) is 21.7 Å². The number of amides is 1. The van der Waals surface area contributed by atoms with Gasteiger partial charge in [0.05, 0.1) is 28.1 Å². The van der Waals surface area contributed by atoms with Crippen molar-refractivity contribution in [3.8, 4) is 0 Å². The Hall–Kier alpha value is -3.18. The van der Waals surface area contributed by atoms with Crippen LogP contribution in [0.3, 0.4) is 0 Å². The van der Waals surface area contributed by atoms with Gasteiger partial charge in [-0.1, -0.05) is 32.9 Å². The van der Waals surface area contributed by atoms with E-state index in [1.165, 1.54) is 12.4 Å². The van der Waals surface area contributed by atoms with E-state index in [1.54, 1.807) is 18.3 Å². The lowest BCUT2D eigenvalue weighted by atomic mass is 9.99. The summed E-state index contributed by atoms with van der Waals surface area (Å²) in [5.41, 5.74) is 3.66. The molecule has 1 aliphatic heterocycles. The zero-order chi connectivity index (χ0) is 26.7. The zero-order valence-electron chi connectivity index (χ0n) is 20.7. The molecule has 0 bridgehead atoms. The first-order chi connectivity index (χ1) is 17.6. The zero-order valence-corrected chi connectivity index (χ0v) is 21.6. The Balaban J connectivity index is 1.44. The summed E-state index contributed by atoms with van der Waals surface area (Å²) in [7, 11) is -1.02. The van der Waals surface area contributed by atoms with Gasteiger partial charge in [-0.2, -0.15) is 13.2 Å². The summed E-state index contributed by atoms with van der Waals surface area (Å²) < 4.78 is 50.3. The summed E-state index contributed by atoms with van der Waals surface area (Å²) in [6.45, 7) is 7.16. The highest BCUT2D eigenvalue weighted by atomic mass is 32.2. The molecule has 37 heavy (non-hydrogen) atoms. The number of nitrogens with zero attached hydrogens (tertiary/aromatic N) is 4. The third-order valence-corrected chi connectivity index (χ3v) is 7.51. The number of carbonyl (C=O) groups is 1. The van der Waals surface area contributed by atoms with Gasteiger partial charge in [0, 0.05) is 54.4 Å². The number of benzene rings is 1. The summed E-state index contributed by atoms with van der Waals surface area (Å²) in [6, 6.07) is 9.08. The maximum absolute atomic E-state index is 12.8. The molecule has 1 N–H and O–H groups in total. The molecule has 3 heterocycles. The normalized spacial score (nSPS) is 16.6. The summed E-state index contributed by atoms with van der Waals surface area (Å²) in [5.74, 6) is -0.680. The quantitative estimate of drug-likeness (QED) is 0.455. The van der Waals surface area contributed by atoms with Crippen LogP contribution in [0.25, 0.3) is 0 Å². The van der Waals surface area contributed by atoms with Gasteiger partial charge in [0.1, 0.15) is 0 Å². The van der Waals surface area contributed by atoms with Gasteiger partial charge in [0.15, 0.2) is 0 Å². The van der Waals surface area contributed by atoms with Gasteiger partial charge >= 0.3 is 6.18 Å². The third-order valence-electron chi connectivity index (χ3n) is 6.19. The Morgan fingerprint density at radius 2 is 1.78 bits per heavy atom. The van der Waals surface area contributed by atoms with Crippen LogP contribution in [0.1, 0.15) is 65.4 Å². The van der Waals surface area contributed by atoms with Crippen molar-refractivity contribution in [2.45, 2.75) is 57.5 Å². The predicted molar refractivity (Wildman–Crippen MR) is 133 cm³/mol. The van der Waals surface area contributed by atoms with Crippen molar-refractivity contribution >= 4 is 16.7 Å². The van der Waals surface area contributed by atoms with E-state index >= 15 is 0 Å². The molecule has 0 saturated carbocycles. The fourth-order valence-electron chi connectivity index (χ4n) is 4.45. The first-order valence-electron chi connectivity index (χ1n) is 11.9. The number of fused-ring (bicyclic) bond motifs is 1. The van der Waals surface area contributed by atoms with Crippen molar-refractivity contribution in [2.24, 2.45) is 5.92 Å². The van der Waals surface area contributed by atoms with Crippen LogP contribution >= 0.6 is 0 Å². The van der Waals surface area contributed by atoms with Gasteiger partial charge in [-0.15, -0.1) is 0 Å². The van der Waals surface area contributed by atoms with Crippen LogP contribution in [0.2, 0.25) is 0 Å². The molecule has 11 heteroatoms. The molecule has 196 valence electrons. The lowest BCUT2D eigenvalue weighted by molar-refractivity contribution is -0.145. The summed E-state index contributed by atoms with van der Waals surface area (Å²) in [6.07, 6.45) is -0.617. The minimum atomic E-state index is -4.58. The number of halogens is 3. The molecule has 2 unspecified atom stereocenters. The van der Waals surface area contributed by atoms with E-state index in [-0.39, 0.29) is 17.9 Å². The Labute approximate surface area is 216 Å². The number of nitrogens with one attached hydrogen (secondary N) is 1. The molecule has 1 amide bonds. The van der Waals surface area contributed by atoms with Gasteiger partial charge < -0.3 is 5.32 Å². The average molecular weight is 532 g/mol. The number of hydrogen-bond acceptors (Lipinski definition) is 6. The number of rotatable bonds is 8. The topological polar surface area (TPSA) is 88.1 Å². The molecule has 0 aliphatic carbocycles. The molecule has 0 saturated heterocycles. The largest absolute Gasteiger partial charge is 0.451 e. The van der Waals surface area contributed by atoms with E-state index in [9.17, 15) is 22.2 Å². The molecular formula is C26H28F3N5O2S. The Bertz CT molecular complexity index is 1280. The average Bonchev–Trinajstić information content (AvgIpc) is 3.24. The van der Waals surface area contributed by atoms with E-state index in [1.807, 2.05) is 25.1 Å². The van der Waals surface area contributed by atoms with Crippen molar-refractivity contribution in [2.75, 3.05) is 5.75 Å². The number of pyridine rings is 1. The molecule has 4 rings (SSSR count). The molecule has 1 aromatic carbocycles. The molecule has 2 aromatic heterocycles. The number of alkyl halides is 3. The van der Waals surface area contributed by atoms with E-state index in [4.69, 9.17) is 0 Å². The standard InChI is InChI=1S/C26H28F3N5O2S/c1-4-37(36)21-7-5-17(6-8-21)10-31-24(35)19-9-20-15-34(23(16(2)3)22(20)30-13-19)14-18-11-32-25(33-12-18)26(27,28)29/h5-9,11-13,16,23H,4,10,14-15H2,1-3H3,(H,31,35). The van der Waals surface area contributed by atoms with Crippen LogP contribution in [-0.2, 0) is 36.6 Å². The lowest BCUT2D eigenvalue weighted by Crippen LogP contribution is -2.26. The SMILES string of the molecule is CCS(=O)c1ccc(CNC(=O)c2cnc3c(c2)CN(Cc2cnc(C(F)(F)F)nc2)C3C(C)C)cc1. The van der Waals surface area contributed by atoms with Crippen molar-refractivity contribution in [3.63, 3.8) is 0 Å². The van der Waals surface area contributed by atoms with Crippen LogP contribution in [0.4, 0.5) is 13.2 Å². The minimum Gasteiger partial charge on any atom is -0.348 e. The Kier molecular flexibility index (Phi) is 8.03. The molecule has 2 atom stereocenters. The van der Waals surface area contributed by atoms with E-state index in [0.29, 0.717) is 36.5 Å². The monoisotopic (exact) mass is 531 g/mol. The Morgan fingerprint density at radius 1 is 1.11 bits per heavy atom. The first kappa shape index (κ1) is 26.9. The minimum absolute atomic E-state index is 0.0541. The smallest absolute Gasteiger partial charge is 0.348 e. The highest BCUT2D eigenvalue weighted by molar-refractivity contribution is 7.85. The summed E-state index contributed by atoms with van der Waals surface area (Å²) in [4.78, 5) is 27.2. The maximum Gasteiger partial charge on any atom is 0.451 e. The van der Waals surface area contributed by atoms with Gasteiger partial charge in [-0.05, 0) is 35.2 Å². The van der Waals surface area contributed by atoms with Crippen LogP contribution in [0.15, 0.2) is 53.8 Å². The van der Waals surface area contributed by atoms with Crippen LogP contribution in [-0.4, -0.2) is 35.7 Å². The highest BCUT2D eigenvalue weighted by Gasteiger charge is 2.36. The van der Waals surface area contributed by atoms with Gasteiger partial charge in [0.2, 0.25) is 5.82 Å². The molecule has 0 radical (unpaired) electrons. The molecular weight excluding hydrogens is 503 g/mol. The predicted octanol–water partition coefficient (Wildman–Crippen LogP) is 4.66. The number of aromatic nitrogens is 3. The fourth-order valence-corrected chi connectivity index (χ4v) is 5.22. The second-order valence-electron chi connectivity index (χ2n) is 9.24. The Morgan fingerprint density at radius 3 is 2.38 bits per heavy atom. The lowest BCUT2D eigenvalue weighted by Gasteiger charge is -2.27. The van der Waals surface area contributed by atoms with Crippen LogP contribution in [0, 0.1) is 5.92 Å². The maximum atomic E-state index is 12.8. The first-order valence-corrected chi connectivity index (χ1v) is 13.2. The summed E-state index contributed by atoms with van der Waals surface area (Å²) >= 11 is 0. The second kappa shape index (κ2) is 11.1. The molecule has 0 fully saturated rings. The molecule has 7 nitrogen and oxygen atoms in total.